The molecule has 3 N–H and O–H groups in total. The van der Waals surface area contributed by atoms with Gasteiger partial charge >= 0.3 is 6.18 Å². The van der Waals surface area contributed by atoms with Gasteiger partial charge in [0, 0.05) is 12.2 Å². The lowest BCUT2D eigenvalue weighted by Crippen LogP contribution is -2.24. The molecule has 0 radical (unpaired) electrons. The van der Waals surface area contributed by atoms with Crippen LogP contribution in [0.3, 0.4) is 0 Å². The Morgan fingerprint density at radius 1 is 1.33 bits per heavy atom. The molecule has 2 rings (SSSR count). The number of alkyl halides is 3. The molecule has 112 valence electrons. The van der Waals surface area contributed by atoms with Crippen LogP contribution in [0.4, 0.5) is 18.9 Å². The van der Waals surface area contributed by atoms with E-state index in [-0.39, 0.29) is 17.8 Å². The summed E-state index contributed by atoms with van der Waals surface area (Å²) in [6.07, 6.45) is -4.51. The monoisotopic (exact) mass is 314 g/mol. The van der Waals surface area contributed by atoms with Crippen molar-refractivity contribution in [2.75, 3.05) is 5.73 Å². The molecular weight excluding hydrogens is 301 g/mol. The van der Waals surface area contributed by atoms with E-state index in [2.05, 4.69) is 5.32 Å². The fourth-order valence-corrected chi connectivity index (χ4v) is 2.62. The SMILES string of the molecule is Cc1cscc1CNC(=O)c1cc(C(F)(F)F)ccc1N. The highest BCUT2D eigenvalue weighted by atomic mass is 32.1. The van der Waals surface area contributed by atoms with E-state index < -0.39 is 17.6 Å². The number of aryl methyl sites for hydroxylation is 1. The van der Waals surface area contributed by atoms with E-state index in [9.17, 15) is 18.0 Å². The molecule has 0 unspecified atom stereocenters. The maximum Gasteiger partial charge on any atom is 0.416 e. The van der Waals surface area contributed by atoms with Gasteiger partial charge in [-0.15, -0.1) is 0 Å². The topological polar surface area (TPSA) is 55.1 Å². The van der Waals surface area contributed by atoms with Crippen molar-refractivity contribution in [1.82, 2.24) is 5.32 Å². The van der Waals surface area contributed by atoms with Gasteiger partial charge in [-0.05, 0) is 47.0 Å². The number of nitrogens with two attached hydrogens (primary N) is 1. The van der Waals surface area contributed by atoms with Crippen LogP contribution in [0.1, 0.15) is 27.0 Å². The van der Waals surface area contributed by atoms with E-state index in [4.69, 9.17) is 5.73 Å². The molecular formula is C14H13F3N2OS. The molecule has 1 amide bonds. The largest absolute Gasteiger partial charge is 0.416 e. The van der Waals surface area contributed by atoms with Crippen molar-refractivity contribution in [3.63, 3.8) is 0 Å². The minimum atomic E-state index is -4.51. The molecule has 1 heterocycles. The first kappa shape index (κ1) is 15.4. The number of thiophene rings is 1. The Bertz CT molecular complexity index is 664. The average molecular weight is 314 g/mol. The minimum Gasteiger partial charge on any atom is -0.398 e. The van der Waals surface area contributed by atoms with Gasteiger partial charge in [0.2, 0.25) is 0 Å². The number of anilines is 1. The highest BCUT2D eigenvalue weighted by Crippen LogP contribution is 2.31. The maximum absolute atomic E-state index is 12.7. The van der Waals surface area contributed by atoms with Crippen LogP contribution in [0.2, 0.25) is 0 Å². The van der Waals surface area contributed by atoms with E-state index in [0.717, 1.165) is 29.3 Å². The summed E-state index contributed by atoms with van der Waals surface area (Å²) in [5.74, 6) is -0.621. The summed E-state index contributed by atoms with van der Waals surface area (Å²) < 4.78 is 38.0. The summed E-state index contributed by atoms with van der Waals surface area (Å²) in [6, 6.07) is 2.72. The number of hydrogen-bond donors (Lipinski definition) is 2. The second kappa shape index (κ2) is 5.77. The summed E-state index contributed by atoms with van der Waals surface area (Å²) in [6.45, 7) is 2.15. The fraction of sp³-hybridized carbons (Fsp3) is 0.214. The predicted molar refractivity (Wildman–Crippen MR) is 76.1 cm³/mol. The molecule has 3 nitrogen and oxygen atoms in total. The molecule has 0 aliphatic rings. The maximum atomic E-state index is 12.7. The molecule has 0 aliphatic carbocycles. The third-order valence-electron chi connectivity index (χ3n) is 3.03. The molecule has 0 saturated carbocycles. The van der Waals surface area contributed by atoms with Crippen LogP contribution >= 0.6 is 11.3 Å². The van der Waals surface area contributed by atoms with Crippen LogP contribution in [0.5, 0.6) is 0 Å². The van der Waals surface area contributed by atoms with Gasteiger partial charge in [0.1, 0.15) is 0 Å². The standard InChI is InChI=1S/C14H13F3N2OS/c1-8-6-21-7-9(8)5-19-13(20)11-4-10(14(15,16)17)2-3-12(11)18/h2-4,6-7H,5,18H2,1H3,(H,19,20). The zero-order chi connectivity index (χ0) is 15.6. The number of rotatable bonds is 3. The predicted octanol–water partition coefficient (Wildman–Crippen LogP) is 3.59. The van der Waals surface area contributed by atoms with Gasteiger partial charge < -0.3 is 11.1 Å². The molecule has 2 aromatic rings. The number of carbonyl (C=O) groups is 1. The van der Waals surface area contributed by atoms with Gasteiger partial charge in [-0.3, -0.25) is 4.79 Å². The summed E-state index contributed by atoms with van der Waals surface area (Å²) in [5.41, 5.74) is 6.49. The summed E-state index contributed by atoms with van der Waals surface area (Å²) in [7, 11) is 0. The number of halogens is 3. The third-order valence-corrected chi connectivity index (χ3v) is 3.94. The van der Waals surface area contributed by atoms with E-state index >= 15 is 0 Å². The van der Waals surface area contributed by atoms with Crippen molar-refractivity contribution in [2.24, 2.45) is 0 Å². The zero-order valence-corrected chi connectivity index (χ0v) is 11.9. The van der Waals surface area contributed by atoms with Crippen LogP contribution in [0, 0.1) is 6.92 Å². The van der Waals surface area contributed by atoms with Gasteiger partial charge in [-0.1, -0.05) is 0 Å². The average Bonchev–Trinajstić information content (AvgIpc) is 2.80. The number of benzene rings is 1. The van der Waals surface area contributed by atoms with Crippen molar-refractivity contribution in [3.05, 3.63) is 51.2 Å². The third kappa shape index (κ3) is 3.55. The minimum absolute atomic E-state index is 0.0162. The number of nitrogens with one attached hydrogen (secondary N) is 1. The highest BCUT2D eigenvalue weighted by molar-refractivity contribution is 7.08. The van der Waals surface area contributed by atoms with E-state index in [1.54, 1.807) is 0 Å². The van der Waals surface area contributed by atoms with Crippen LogP contribution < -0.4 is 11.1 Å². The summed E-state index contributed by atoms with van der Waals surface area (Å²) in [5, 5.41) is 6.39. The first-order valence-corrected chi connectivity index (χ1v) is 7.00. The molecule has 0 saturated heterocycles. The smallest absolute Gasteiger partial charge is 0.398 e. The molecule has 7 heteroatoms. The van der Waals surface area contributed by atoms with Crippen molar-refractivity contribution in [3.8, 4) is 0 Å². The molecule has 1 aromatic heterocycles. The van der Waals surface area contributed by atoms with E-state index in [0.29, 0.717) is 0 Å². The number of nitrogen functional groups attached to an aromatic ring is 1. The second-order valence-electron chi connectivity index (χ2n) is 4.56. The molecule has 1 aromatic carbocycles. The first-order valence-electron chi connectivity index (χ1n) is 6.05. The molecule has 0 bridgehead atoms. The summed E-state index contributed by atoms with van der Waals surface area (Å²) in [4.78, 5) is 12.0. The molecule has 0 fully saturated rings. The van der Waals surface area contributed by atoms with Crippen LogP contribution in [-0.4, -0.2) is 5.91 Å². The van der Waals surface area contributed by atoms with Crippen LogP contribution in [0.25, 0.3) is 0 Å². The van der Waals surface area contributed by atoms with Crippen molar-refractivity contribution >= 4 is 22.9 Å². The lowest BCUT2D eigenvalue weighted by Gasteiger charge is -2.11. The van der Waals surface area contributed by atoms with Gasteiger partial charge in [-0.25, -0.2) is 0 Å². The highest BCUT2D eigenvalue weighted by Gasteiger charge is 2.31. The zero-order valence-electron chi connectivity index (χ0n) is 11.1. The van der Waals surface area contributed by atoms with Gasteiger partial charge in [-0.2, -0.15) is 24.5 Å². The van der Waals surface area contributed by atoms with Crippen LogP contribution in [-0.2, 0) is 12.7 Å². The molecule has 0 spiro atoms. The Morgan fingerprint density at radius 3 is 2.62 bits per heavy atom. The Kier molecular flexibility index (Phi) is 4.22. The fourth-order valence-electron chi connectivity index (χ4n) is 1.77. The Morgan fingerprint density at radius 2 is 2.05 bits per heavy atom. The normalized spacial score (nSPS) is 11.4. The molecule has 0 aliphatic heterocycles. The molecule has 0 atom stereocenters. The number of hydrogen-bond acceptors (Lipinski definition) is 3. The van der Waals surface area contributed by atoms with E-state index in [1.165, 1.54) is 11.3 Å². The lowest BCUT2D eigenvalue weighted by atomic mass is 10.1. The van der Waals surface area contributed by atoms with Crippen molar-refractivity contribution in [2.45, 2.75) is 19.6 Å². The second-order valence-corrected chi connectivity index (χ2v) is 5.31. The van der Waals surface area contributed by atoms with Crippen LogP contribution in [0.15, 0.2) is 29.0 Å². The Hall–Kier alpha value is -2.02. The number of amides is 1. The van der Waals surface area contributed by atoms with Crippen molar-refractivity contribution < 1.29 is 18.0 Å². The Balaban J connectivity index is 2.17. The Labute approximate surface area is 123 Å². The summed E-state index contributed by atoms with van der Waals surface area (Å²) >= 11 is 1.50. The van der Waals surface area contributed by atoms with Crippen molar-refractivity contribution in [1.29, 1.82) is 0 Å². The number of carbonyl (C=O) groups excluding carboxylic acids is 1. The quantitative estimate of drug-likeness (QED) is 0.851. The lowest BCUT2D eigenvalue weighted by molar-refractivity contribution is -0.137. The van der Waals surface area contributed by atoms with E-state index in [1.807, 2.05) is 17.7 Å². The van der Waals surface area contributed by atoms with Gasteiger partial charge in [0.15, 0.2) is 0 Å². The first-order chi connectivity index (χ1) is 9.79. The molecule has 21 heavy (non-hydrogen) atoms. The van der Waals surface area contributed by atoms with Gasteiger partial charge in [0.25, 0.3) is 5.91 Å². The van der Waals surface area contributed by atoms with Gasteiger partial charge in [0.05, 0.1) is 11.1 Å².